The van der Waals surface area contributed by atoms with Gasteiger partial charge in [0.05, 0.1) is 24.3 Å². The molecule has 0 radical (unpaired) electrons. The molecule has 2 aromatic heterocycles. The van der Waals surface area contributed by atoms with Gasteiger partial charge >= 0.3 is 5.97 Å². The van der Waals surface area contributed by atoms with Crippen LogP contribution < -0.4 is 10.7 Å². The average Bonchev–Trinajstić information content (AvgIpc) is 3.93. The molecule has 15 heteroatoms. The molecule has 4 aromatic rings. The molecule has 0 saturated carbocycles. The molecule has 15 nitrogen and oxygen atoms in total. The summed E-state index contributed by atoms with van der Waals surface area (Å²) in [5, 5.41) is 16.7. The van der Waals surface area contributed by atoms with Gasteiger partial charge in [-0.25, -0.2) is 5.43 Å². The number of benzene rings is 2. The summed E-state index contributed by atoms with van der Waals surface area (Å²) in [6.45, 7) is 17.3. The Bertz CT molecular complexity index is 2530. The SMILES string of the molecule is C=CC(=O)N1CC[C@H](C(=O)N(C)[C@H](C(=O)N[C@H]2Cc3cc(O)cc(c3)-c3ccc4c(c3)c(c(-c3cnccc3[C@H](CC)OC)n4CC)CC(C)(C)COC(=O)[C@@H]3CCCN(N3)C2=O)C(C)C)C1. The van der Waals surface area contributed by atoms with Crippen LogP contribution in [0.3, 0.4) is 0 Å². The van der Waals surface area contributed by atoms with Gasteiger partial charge in [-0.2, -0.15) is 0 Å². The van der Waals surface area contributed by atoms with Crippen LogP contribution >= 0.6 is 0 Å². The molecular formula is C52H67N7O8. The largest absolute Gasteiger partial charge is 0.508 e. The fourth-order valence-electron chi connectivity index (χ4n) is 10.3. The Labute approximate surface area is 393 Å². The number of fused-ring (bicyclic) bond motifs is 6. The molecule has 3 aliphatic heterocycles. The number of phenolic OH excluding ortho intramolecular Hbond substituents is 1. The summed E-state index contributed by atoms with van der Waals surface area (Å²) in [6, 6.07) is 10.5. The van der Waals surface area contributed by atoms with E-state index in [1.165, 1.54) is 16.0 Å². The number of hydrazine groups is 1. The highest BCUT2D eigenvalue weighted by atomic mass is 16.5. The van der Waals surface area contributed by atoms with Crippen LogP contribution in [-0.2, 0) is 52.8 Å². The average molecular weight is 918 g/mol. The van der Waals surface area contributed by atoms with E-state index < -0.39 is 47.2 Å². The van der Waals surface area contributed by atoms with E-state index in [1.807, 2.05) is 38.2 Å². The second-order valence-corrected chi connectivity index (χ2v) is 19.4. The number of phenols is 1. The predicted molar refractivity (Wildman–Crippen MR) is 256 cm³/mol. The number of pyridine rings is 1. The van der Waals surface area contributed by atoms with Crippen LogP contribution in [-0.4, -0.2) is 118 Å². The Balaban J connectivity index is 1.31. The summed E-state index contributed by atoms with van der Waals surface area (Å²) >= 11 is 0. The predicted octanol–water partition coefficient (Wildman–Crippen LogP) is 6.36. The number of aryl methyl sites for hydroxylation is 1. The highest BCUT2D eigenvalue weighted by Gasteiger charge is 2.40. The third-order valence-electron chi connectivity index (χ3n) is 13.6. The van der Waals surface area contributed by atoms with Crippen LogP contribution in [0.2, 0.25) is 0 Å². The molecule has 7 rings (SSSR count). The van der Waals surface area contributed by atoms with E-state index in [9.17, 15) is 29.1 Å². The maximum absolute atomic E-state index is 14.7. The molecular weight excluding hydrogens is 851 g/mol. The first-order valence-electron chi connectivity index (χ1n) is 23.7. The molecule has 6 bridgehead atoms. The van der Waals surface area contributed by atoms with E-state index in [4.69, 9.17) is 9.47 Å². The number of cyclic esters (lactones) is 1. The summed E-state index contributed by atoms with van der Waals surface area (Å²) in [5.41, 5.74) is 9.80. The van der Waals surface area contributed by atoms with Crippen molar-refractivity contribution in [1.82, 2.24) is 35.1 Å². The summed E-state index contributed by atoms with van der Waals surface area (Å²) in [6.07, 6.45) is 7.46. The number of esters is 1. The monoisotopic (exact) mass is 918 g/mol. The minimum absolute atomic E-state index is 0.0110. The summed E-state index contributed by atoms with van der Waals surface area (Å²) < 4.78 is 14.4. The summed E-state index contributed by atoms with van der Waals surface area (Å²) in [4.78, 5) is 77.1. The number of likely N-dealkylation sites (N-methyl/N-ethyl adjacent to an activating group) is 1. The van der Waals surface area contributed by atoms with Crippen molar-refractivity contribution >= 4 is 40.5 Å². The normalized spacial score (nSPS) is 20.8. The Morgan fingerprint density at radius 1 is 1.09 bits per heavy atom. The van der Waals surface area contributed by atoms with Crippen molar-refractivity contribution in [3.8, 4) is 28.1 Å². The third kappa shape index (κ3) is 10.3. The first-order chi connectivity index (χ1) is 32.0. The highest BCUT2D eigenvalue weighted by molar-refractivity contribution is 5.96. The molecule has 5 heterocycles. The number of carbonyl (C=O) groups is 5. The molecule has 2 saturated heterocycles. The quantitative estimate of drug-likeness (QED) is 0.114. The zero-order valence-corrected chi connectivity index (χ0v) is 40.3. The van der Waals surface area contributed by atoms with E-state index in [2.05, 4.69) is 66.7 Å². The lowest BCUT2D eigenvalue weighted by atomic mass is 9.83. The van der Waals surface area contributed by atoms with Gasteiger partial charge in [0.15, 0.2) is 0 Å². The molecule has 0 unspecified atom stereocenters. The second-order valence-electron chi connectivity index (χ2n) is 19.4. The van der Waals surface area contributed by atoms with Gasteiger partial charge in [0.25, 0.3) is 5.91 Å². The molecule has 67 heavy (non-hydrogen) atoms. The lowest BCUT2D eigenvalue weighted by molar-refractivity contribution is -0.155. The molecule has 2 fully saturated rings. The number of likely N-dealkylation sites (tertiary alicyclic amines) is 1. The van der Waals surface area contributed by atoms with Gasteiger partial charge in [-0.05, 0) is 109 Å². The number of amides is 4. The number of methoxy groups -OCH3 is 1. The van der Waals surface area contributed by atoms with Crippen LogP contribution in [0.1, 0.15) is 90.0 Å². The molecule has 3 N–H and O–H groups in total. The number of carbonyl (C=O) groups excluding carboxylic acids is 5. The van der Waals surface area contributed by atoms with Gasteiger partial charge in [0, 0.05) is 81.0 Å². The smallest absolute Gasteiger partial charge is 0.324 e. The molecule has 4 amide bonds. The van der Waals surface area contributed by atoms with E-state index in [1.54, 1.807) is 37.4 Å². The molecule has 2 aromatic carbocycles. The maximum Gasteiger partial charge on any atom is 0.324 e. The number of aromatic hydroxyl groups is 1. The van der Waals surface area contributed by atoms with Crippen molar-refractivity contribution in [3.05, 3.63) is 84.2 Å². The Morgan fingerprint density at radius 2 is 1.87 bits per heavy atom. The van der Waals surface area contributed by atoms with Crippen molar-refractivity contribution in [3.63, 3.8) is 0 Å². The Kier molecular flexibility index (Phi) is 14.9. The van der Waals surface area contributed by atoms with Crippen LogP contribution in [0, 0.1) is 17.3 Å². The van der Waals surface area contributed by atoms with E-state index >= 15 is 0 Å². The first-order valence-corrected chi connectivity index (χ1v) is 23.7. The van der Waals surface area contributed by atoms with Gasteiger partial charge in [0.2, 0.25) is 17.7 Å². The number of aromatic nitrogens is 2. The molecule has 358 valence electrons. The zero-order chi connectivity index (χ0) is 48.3. The minimum atomic E-state index is -1.16. The van der Waals surface area contributed by atoms with Crippen molar-refractivity contribution in [2.75, 3.05) is 40.4 Å². The number of ether oxygens (including phenoxy) is 2. The maximum atomic E-state index is 14.7. The molecule has 3 aliphatic rings. The second kappa shape index (κ2) is 20.4. The lowest BCUT2D eigenvalue weighted by Crippen LogP contribution is -2.62. The summed E-state index contributed by atoms with van der Waals surface area (Å²) in [7, 11) is 3.30. The fourth-order valence-corrected chi connectivity index (χ4v) is 10.3. The zero-order valence-electron chi connectivity index (χ0n) is 40.3. The van der Waals surface area contributed by atoms with Crippen molar-refractivity contribution in [2.24, 2.45) is 17.3 Å². The van der Waals surface area contributed by atoms with Crippen LogP contribution in [0.5, 0.6) is 5.75 Å². The van der Waals surface area contributed by atoms with Gasteiger partial charge < -0.3 is 34.3 Å². The number of rotatable bonds is 11. The topological polar surface area (TPSA) is 176 Å². The number of nitrogens with zero attached hydrogens (tertiary/aromatic N) is 5. The van der Waals surface area contributed by atoms with E-state index in [-0.39, 0.29) is 55.7 Å². The number of hydrogen-bond acceptors (Lipinski definition) is 10. The first kappa shape index (κ1) is 48.9. The van der Waals surface area contributed by atoms with Crippen molar-refractivity contribution in [2.45, 2.75) is 111 Å². The van der Waals surface area contributed by atoms with Gasteiger partial charge in [-0.15, -0.1) is 0 Å². The molecule has 5 atom stereocenters. The number of hydrogen-bond donors (Lipinski definition) is 3. The van der Waals surface area contributed by atoms with Gasteiger partial charge in [-0.3, -0.25) is 34.0 Å². The van der Waals surface area contributed by atoms with E-state index in [0.29, 0.717) is 44.3 Å². The number of nitrogens with one attached hydrogen (secondary N) is 2. The van der Waals surface area contributed by atoms with Crippen molar-refractivity contribution in [1.29, 1.82) is 0 Å². The van der Waals surface area contributed by atoms with Gasteiger partial charge in [0.1, 0.15) is 23.9 Å². The highest BCUT2D eigenvalue weighted by Crippen LogP contribution is 2.43. The summed E-state index contributed by atoms with van der Waals surface area (Å²) in [5.74, 6) is -2.86. The lowest BCUT2D eigenvalue weighted by Gasteiger charge is -2.37. The Hall–Kier alpha value is -6.06. The standard InChI is InChI=1S/C52H67N7O8/c1-10-44(66-9)37-17-19-53-28-40(37)47-39-27-52(6,7)30-67-51(65)41-14-13-20-59(55-41)50(64)42(24-32-22-35(25-36(60)23-32)33-15-16-43(38(39)26-33)58(47)12-3)54-48(62)46(31(4)5)56(8)49(63)34-18-21-57(29-34)45(61)11-2/h11,15-17,19,22-23,25-26,28,31,34,41-42,44,46,55,60H,2,10,12-14,18,20-21,24,27,29-30H2,1,3-9H3,(H,54,62)/t34-,41-,42-,44-,46-/m0/s1. The Morgan fingerprint density at radius 3 is 2.57 bits per heavy atom. The van der Waals surface area contributed by atoms with Crippen LogP contribution in [0.4, 0.5) is 0 Å². The molecule has 0 spiro atoms. The molecule has 0 aliphatic carbocycles. The van der Waals surface area contributed by atoms with Crippen molar-refractivity contribution < 1.29 is 38.6 Å². The van der Waals surface area contributed by atoms with E-state index in [0.717, 1.165) is 50.8 Å². The van der Waals surface area contributed by atoms with Gasteiger partial charge in [-0.1, -0.05) is 53.3 Å². The van der Waals surface area contributed by atoms with Crippen LogP contribution in [0.15, 0.2) is 67.5 Å². The fraction of sp³-hybridized carbons (Fsp3) is 0.500. The van der Waals surface area contributed by atoms with Crippen LogP contribution in [0.25, 0.3) is 33.3 Å². The third-order valence-corrected chi connectivity index (χ3v) is 13.6. The minimum Gasteiger partial charge on any atom is -0.508 e.